The molecule has 45 heavy (non-hydrogen) atoms. The second-order valence-electron chi connectivity index (χ2n) is 11.4. The molecule has 0 aliphatic rings. The number of fused-ring (bicyclic) bond motifs is 7. The molecule has 214 valence electrons. The first-order chi connectivity index (χ1) is 22.1. The minimum Gasteiger partial charge on any atom is -0.454 e. The van der Waals surface area contributed by atoms with Crippen molar-refractivity contribution < 1.29 is 8.81 Å². The summed E-state index contributed by atoms with van der Waals surface area (Å²) >= 11 is 0. The Morgan fingerprint density at radius 3 is 1.78 bits per heavy atom. The average molecular weight is 582 g/mol. The van der Waals surface area contributed by atoms with E-state index in [0.717, 1.165) is 60.0 Å². The smallest absolute Gasteiger partial charge is 0.161 e. The minimum absolute atomic E-state index is 0.314. The molecule has 0 saturated carbocycles. The first kappa shape index (κ1) is 26.8. The zero-order valence-corrected chi connectivity index (χ0v) is 24.7. The van der Waals surface area contributed by atoms with Crippen molar-refractivity contribution in [1.29, 1.82) is 0 Å². The van der Waals surface area contributed by atoms with Crippen molar-refractivity contribution in [3.63, 3.8) is 0 Å². The van der Waals surface area contributed by atoms with Gasteiger partial charge in [-0.25, -0.2) is 9.38 Å². The molecule has 0 amide bonds. The van der Waals surface area contributed by atoms with Gasteiger partial charge in [0.2, 0.25) is 0 Å². The molecule has 0 aliphatic heterocycles. The molecule has 0 N–H and O–H groups in total. The molecule has 0 radical (unpaired) electrons. The summed E-state index contributed by atoms with van der Waals surface area (Å²) < 4.78 is 22.6. The van der Waals surface area contributed by atoms with E-state index < -0.39 is 0 Å². The highest BCUT2D eigenvalue weighted by atomic mass is 19.1. The van der Waals surface area contributed by atoms with Crippen LogP contribution in [0.3, 0.4) is 0 Å². The predicted octanol–water partition coefficient (Wildman–Crippen LogP) is 11.9. The maximum atomic E-state index is 16.1. The second-order valence-corrected chi connectivity index (χ2v) is 11.4. The van der Waals surface area contributed by atoms with Crippen molar-refractivity contribution in [2.24, 2.45) is 4.99 Å². The number of nitrogens with zero attached hydrogens (tertiary/aromatic N) is 1. The molecule has 0 atom stereocenters. The van der Waals surface area contributed by atoms with Gasteiger partial charge in [-0.05, 0) is 80.2 Å². The zero-order valence-electron chi connectivity index (χ0n) is 24.7. The molecule has 0 fully saturated rings. The van der Waals surface area contributed by atoms with E-state index in [-0.39, 0.29) is 5.82 Å². The van der Waals surface area contributed by atoms with E-state index in [1.807, 2.05) is 91.9 Å². The normalized spacial score (nSPS) is 12.0. The molecule has 2 nitrogen and oxygen atoms in total. The van der Waals surface area contributed by atoms with Gasteiger partial charge in [-0.1, -0.05) is 122 Å². The van der Waals surface area contributed by atoms with E-state index in [1.165, 1.54) is 0 Å². The molecular weight excluding hydrogens is 553 g/mol. The van der Waals surface area contributed by atoms with Gasteiger partial charge in [0.15, 0.2) is 5.76 Å². The molecule has 3 heteroatoms. The van der Waals surface area contributed by atoms with Gasteiger partial charge in [-0.2, -0.15) is 0 Å². The molecule has 0 aliphatic carbocycles. The third-order valence-electron chi connectivity index (χ3n) is 8.67. The first-order valence-electron chi connectivity index (χ1n) is 15.0. The second kappa shape index (κ2) is 10.7. The van der Waals surface area contributed by atoms with Crippen LogP contribution in [-0.4, -0.2) is 5.71 Å². The molecule has 7 aromatic carbocycles. The summed E-state index contributed by atoms with van der Waals surface area (Å²) in [4.78, 5) is 5.13. The summed E-state index contributed by atoms with van der Waals surface area (Å²) in [5.74, 6) is 0.254. The van der Waals surface area contributed by atoms with Crippen LogP contribution in [0.4, 0.5) is 10.1 Å². The fourth-order valence-electron chi connectivity index (χ4n) is 6.41. The number of hydrogen-bond donors (Lipinski definition) is 0. The lowest BCUT2D eigenvalue weighted by molar-refractivity contribution is 0.601. The molecular formula is C42H28FNO. The Bertz CT molecular complexity index is 2450. The van der Waals surface area contributed by atoms with Crippen LogP contribution in [-0.2, 0) is 0 Å². The number of furan rings is 1. The number of aliphatic imine (C=N–C) groups is 1. The summed E-state index contributed by atoms with van der Waals surface area (Å²) in [6, 6.07) is 46.4. The van der Waals surface area contributed by atoms with Crippen molar-refractivity contribution in [2.45, 2.75) is 6.92 Å². The lowest BCUT2D eigenvalue weighted by Crippen LogP contribution is -2.00. The monoisotopic (exact) mass is 581 g/mol. The van der Waals surface area contributed by atoms with Crippen LogP contribution >= 0.6 is 0 Å². The van der Waals surface area contributed by atoms with Crippen molar-refractivity contribution in [3.05, 3.63) is 169 Å². The van der Waals surface area contributed by atoms with E-state index >= 15 is 4.39 Å². The van der Waals surface area contributed by atoms with Crippen LogP contribution in [0.1, 0.15) is 23.8 Å². The fourth-order valence-corrected chi connectivity index (χ4v) is 6.41. The van der Waals surface area contributed by atoms with E-state index in [4.69, 9.17) is 9.41 Å². The first-order valence-corrected chi connectivity index (χ1v) is 15.0. The molecule has 1 heterocycles. The quantitative estimate of drug-likeness (QED) is 0.147. The Morgan fingerprint density at radius 2 is 1.13 bits per heavy atom. The van der Waals surface area contributed by atoms with Gasteiger partial charge in [0.25, 0.3) is 0 Å². The molecule has 0 bridgehead atoms. The number of halogens is 1. The minimum atomic E-state index is -0.314. The van der Waals surface area contributed by atoms with Gasteiger partial charge in [0.1, 0.15) is 17.1 Å². The largest absolute Gasteiger partial charge is 0.454 e. The SMILES string of the molecule is C=C(c1ccccc1)c1oc2ccc(-c3ccccc3)cc2c1N=C(C)c1cc2c3ccccc3c3ccccc3c2cc1F. The third kappa shape index (κ3) is 4.52. The van der Waals surface area contributed by atoms with Gasteiger partial charge in [-0.15, -0.1) is 0 Å². The van der Waals surface area contributed by atoms with Crippen molar-refractivity contribution in [2.75, 3.05) is 0 Å². The number of rotatable bonds is 5. The molecule has 1 aromatic heterocycles. The molecule has 8 aromatic rings. The predicted molar refractivity (Wildman–Crippen MR) is 187 cm³/mol. The van der Waals surface area contributed by atoms with Crippen LogP contribution in [0.15, 0.2) is 156 Å². The molecule has 0 unspecified atom stereocenters. The van der Waals surface area contributed by atoms with Crippen LogP contribution in [0.2, 0.25) is 0 Å². The summed E-state index contributed by atoms with van der Waals surface area (Å²) in [7, 11) is 0. The lowest BCUT2D eigenvalue weighted by Gasteiger charge is -2.13. The summed E-state index contributed by atoms with van der Waals surface area (Å²) in [5.41, 5.74) is 6.14. The Kier molecular flexibility index (Phi) is 6.39. The lowest BCUT2D eigenvalue weighted by atomic mass is 9.92. The van der Waals surface area contributed by atoms with E-state index in [0.29, 0.717) is 28.3 Å². The molecule has 0 saturated heterocycles. The Labute approximate surface area is 260 Å². The Balaban J connectivity index is 1.36. The van der Waals surface area contributed by atoms with Gasteiger partial charge < -0.3 is 4.42 Å². The third-order valence-corrected chi connectivity index (χ3v) is 8.67. The maximum absolute atomic E-state index is 16.1. The van der Waals surface area contributed by atoms with Crippen LogP contribution in [0.5, 0.6) is 0 Å². The van der Waals surface area contributed by atoms with Gasteiger partial charge in [0, 0.05) is 22.2 Å². The molecule has 8 rings (SSSR count). The average Bonchev–Trinajstić information content (AvgIpc) is 3.45. The number of benzene rings is 7. The van der Waals surface area contributed by atoms with Crippen molar-refractivity contribution >= 4 is 60.3 Å². The van der Waals surface area contributed by atoms with Crippen LogP contribution in [0.25, 0.3) is 60.0 Å². The fraction of sp³-hybridized carbons (Fsp3) is 0.0238. The van der Waals surface area contributed by atoms with Gasteiger partial charge in [0.05, 0.1) is 0 Å². The summed E-state index contributed by atoms with van der Waals surface area (Å²) in [6.07, 6.45) is 0. The van der Waals surface area contributed by atoms with E-state index in [1.54, 1.807) is 6.07 Å². The van der Waals surface area contributed by atoms with Crippen molar-refractivity contribution in [1.82, 2.24) is 0 Å². The highest BCUT2D eigenvalue weighted by Gasteiger charge is 2.20. The highest BCUT2D eigenvalue weighted by molar-refractivity contribution is 6.26. The summed E-state index contributed by atoms with van der Waals surface area (Å²) in [6.45, 7) is 6.26. The van der Waals surface area contributed by atoms with Crippen molar-refractivity contribution in [3.8, 4) is 11.1 Å². The van der Waals surface area contributed by atoms with Crippen LogP contribution < -0.4 is 0 Å². The topological polar surface area (TPSA) is 25.5 Å². The number of hydrogen-bond acceptors (Lipinski definition) is 2. The summed E-state index contributed by atoms with van der Waals surface area (Å²) in [5, 5.41) is 7.09. The van der Waals surface area contributed by atoms with Gasteiger partial charge >= 0.3 is 0 Å². The Hall–Kier alpha value is -5.80. The Morgan fingerprint density at radius 1 is 0.578 bits per heavy atom. The van der Waals surface area contributed by atoms with Gasteiger partial charge in [-0.3, -0.25) is 0 Å². The molecule has 0 spiro atoms. The van der Waals surface area contributed by atoms with E-state index in [2.05, 4.69) is 55.1 Å². The highest BCUT2D eigenvalue weighted by Crippen LogP contribution is 2.42. The van der Waals surface area contributed by atoms with Crippen LogP contribution in [0, 0.1) is 5.82 Å². The standard InChI is InChI=1S/C42H28FNO/c1-26(28-13-5-3-6-14-28)42-41(38-23-30(21-22-40(38)45-42)29-15-7-4-8-16-29)44-27(2)35-24-36-33-19-11-9-17-31(33)32-18-10-12-20-34(32)37(36)25-39(35)43/h3-25H,1H2,2H3. The maximum Gasteiger partial charge on any atom is 0.161 e. The zero-order chi connectivity index (χ0) is 30.5. The van der Waals surface area contributed by atoms with E-state index in [9.17, 15) is 0 Å².